The maximum absolute atomic E-state index is 12.6. The quantitative estimate of drug-likeness (QED) is 0.648. The van der Waals surface area contributed by atoms with Crippen LogP contribution in [0.2, 0.25) is 0 Å². The predicted molar refractivity (Wildman–Crippen MR) is 104 cm³/mol. The van der Waals surface area contributed by atoms with Crippen LogP contribution in [-0.4, -0.2) is 20.4 Å². The topological polar surface area (TPSA) is 75.3 Å². The second-order valence-corrected chi connectivity index (χ2v) is 8.13. The molecule has 9 heteroatoms. The second kappa shape index (κ2) is 7.84. The lowest BCUT2D eigenvalue weighted by Gasteiger charge is -2.15. The minimum absolute atomic E-state index is 0.00498. The summed E-state index contributed by atoms with van der Waals surface area (Å²) in [7, 11) is -3.97. The standard InChI is InChI=1S/C20H17F3N2O3S/c1-13(19(26)24-17-9-7-16(8-10-17)20(21,22)23)25-29(27,28)18-11-6-14-4-2-3-5-15(14)12-18/h2-13,25H,1H3,(H,24,26)/t13-/m0/s1. The Morgan fingerprint density at radius 3 is 2.17 bits per heavy atom. The minimum atomic E-state index is -4.48. The molecular formula is C20H17F3N2O3S. The van der Waals surface area contributed by atoms with Gasteiger partial charge >= 0.3 is 6.18 Å². The van der Waals surface area contributed by atoms with Crippen molar-refractivity contribution in [3.63, 3.8) is 0 Å². The predicted octanol–water partition coefficient (Wildman–Crippen LogP) is 4.16. The van der Waals surface area contributed by atoms with E-state index in [0.717, 1.165) is 35.0 Å². The number of hydrogen-bond acceptors (Lipinski definition) is 3. The van der Waals surface area contributed by atoms with Crippen LogP contribution < -0.4 is 10.0 Å². The third-order valence-corrected chi connectivity index (χ3v) is 5.77. The number of benzene rings is 3. The van der Waals surface area contributed by atoms with Gasteiger partial charge in [0.05, 0.1) is 16.5 Å². The van der Waals surface area contributed by atoms with E-state index >= 15 is 0 Å². The highest BCUT2D eigenvalue weighted by molar-refractivity contribution is 7.89. The fourth-order valence-corrected chi connectivity index (χ4v) is 3.92. The maximum Gasteiger partial charge on any atom is 0.416 e. The van der Waals surface area contributed by atoms with Crippen LogP contribution >= 0.6 is 0 Å². The van der Waals surface area contributed by atoms with Crippen molar-refractivity contribution in [1.82, 2.24) is 4.72 Å². The van der Waals surface area contributed by atoms with Crippen molar-refractivity contribution < 1.29 is 26.4 Å². The Labute approximate surface area is 165 Å². The Morgan fingerprint density at radius 2 is 1.55 bits per heavy atom. The number of carbonyl (C=O) groups is 1. The molecule has 0 saturated carbocycles. The highest BCUT2D eigenvalue weighted by atomic mass is 32.2. The summed E-state index contributed by atoms with van der Waals surface area (Å²) in [6.07, 6.45) is -4.48. The van der Waals surface area contributed by atoms with E-state index in [1.165, 1.54) is 19.1 Å². The van der Waals surface area contributed by atoms with Crippen LogP contribution in [0.25, 0.3) is 10.8 Å². The molecule has 152 valence electrons. The number of carbonyl (C=O) groups excluding carboxylic acids is 1. The van der Waals surface area contributed by atoms with Crippen molar-refractivity contribution in [3.8, 4) is 0 Å². The summed E-state index contributed by atoms with van der Waals surface area (Å²) in [4.78, 5) is 12.3. The lowest BCUT2D eigenvalue weighted by atomic mass is 10.1. The van der Waals surface area contributed by atoms with E-state index in [4.69, 9.17) is 0 Å². The average molecular weight is 422 g/mol. The van der Waals surface area contributed by atoms with Gasteiger partial charge in [-0.2, -0.15) is 17.9 Å². The molecule has 1 atom stereocenters. The lowest BCUT2D eigenvalue weighted by molar-refractivity contribution is -0.137. The van der Waals surface area contributed by atoms with Crippen molar-refractivity contribution in [2.45, 2.75) is 24.0 Å². The highest BCUT2D eigenvalue weighted by Crippen LogP contribution is 2.29. The van der Waals surface area contributed by atoms with E-state index < -0.39 is 33.7 Å². The number of fused-ring (bicyclic) bond motifs is 1. The molecule has 3 rings (SSSR count). The summed E-state index contributed by atoms with van der Waals surface area (Å²) in [6, 6.07) is 14.6. The van der Waals surface area contributed by atoms with E-state index in [1.807, 2.05) is 12.1 Å². The van der Waals surface area contributed by atoms with Crippen LogP contribution in [0.15, 0.2) is 71.6 Å². The molecule has 0 aliphatic heterocycles. The molecule has 29 heavy (non-hydrogen) atoms. The zero-order chi connectivity index (χ0) is 21.2. The molecule has 0 bridgehead atoms. The van der Waals surface area contributed by atoms with E-state index in [1.54, 1.807) is 18.2 Å². The molecule has 3 aromatic carbocycles. The van der Waals surface area contributed by atoms with Crippen molar-refractivity contribution in [2.24, 2.45) is 0 Å². The smallest absolute Gasteiger partial charge is 0.325 e. The minimum Gasteiger partial charge on any atom is -0.325 e. The first-order valence-electron chi connectivity index (χ1n) is 8.55. The Kier molecular flexibility index (Phi) is 5.63. The Morgan fingerprint density at radius 1 is 0.931 bits per heavy atom. The van der Waals surface area contributed by atoms with Gasteiger partial charge in [0, 0.05) is 5.69 Å². The summed E-state index contributed by atoms with van der Waals surface area (Å²) in [6.45, 7) is 1.35. The largest absolute Gasteiger partial charge is 0.416 e. The van der Waals surface area contributed by atoms with Crippen molar-refractivity contribution in [2.75, 3.05) is 5.32 Å². The molecule has 0 unspecified atom stereocenters. The van der Waals surface area contributed by atoms with Gasteiger partial charge in [0.15, 0.2) is 0 Å². The molecule has 1 amide bonds. The van der Waals surface area contributed by atoms with Crippen LogP contribution in [0, 0.1) is 0 Å². The first-order valence-corrected chi connectivity index (χ1v) is 10.0. The molecule has 5 nitrogen and oxygen atoms in total. The summed E-state index contributed by atoms with van der Waals surface area (Å²) >= 11 is 0. The van der Waals surface area contributed by atoms with E-state index in [2.05, 4.69) is 10.0 Å². The first kappa shape index (κ1) is 20.8. The van der Waals surface area contributed by atoms with E-state index in [9.17, 15) is 26.4 Å². The highest BCUT2D eigenvalue weighted by Gasteiger charge is 2.30. The maximum atomic E-state index is 12.6. The monoisotopic (exact) mass is 422 g/mol. The number of alkyl halides is 3. The average Bonchev–Trinajstić information content (AvgIpc) is 2.67. The normalized spacial score (nSPS) is 13.2. The number of anilines is 1. The Balaban J connectivity index is 1.70. The lowest BCUT2D eigenvalue weighted by Crippen LogP contribution is -2.41. The van der Waals surface area contributed by atoms with Crippen molar-refractivity contribution in [3.05, 3.63) is 72.3 Å². The molecule has 0 aromatic heterocycles. The zero-order valence-electron chi connectivity index (χ0n) is 15.2. The number of halogens is 3. The molecule has 2 N–H and O–H groups in total. The summed E-state index contributed by atoms with van der Waals surface area (Å²) in [5.74, 6) is -0.700. The number of rotatable bonds is 5. The number of nitrogens with one attached hydrogen (secondary N) is 2. The fraction of sp³-hybridized carbons (Fsp3) is 0.150. The number of hydrogen-bond donors (Lipinski definition) is 2. The SMILES string of the molecule is C[C@H](NS(=O)(=O)c1ccc2ccccc2c1)C(=O)Nc1ccc(C(F)(F)F)cc1. The van der Waals surface area contributed by atoms with Gasteiger partial charge in [-0.15, -0.1) is 0 Å². The zero-order valence-corrected chi connectivity index (χ0v) is 16.0. The first-order chi connectivity index (χ1) is 13.6. The molecular weight excluding hydrogens is 405 g/mol. The van der Waals surface area contributed by atoms with Crippen LogP contribution in [0.1, 0.15) is 12.5 Å². The van der Waals surface area contributed by atoms with E-state index in [0.29, 0.717) is 0 Å². The van der Waals surface area contributed by atoms with E-state index in [-0.39, 0.29) is 10.6 Å². The second-order valence-electron chi connectivity index (χ2n) is 6.42. The number of sulfonamides is 1. The van der Waals surface area contributed by atoms with Gasteiger partial charge in [0.25, 0.3) is 0 Å². The molecule has 0 aliphatic rings. The Bertz CT molecular complexity index is 1140. The van der Waals surface area contributed by atoms with Gasteiger partial charge in [-0.05, 0) is 54.1 Å². The summed E-state index contributed by atoms with van der Waals surface area (Å²) in [5.41, 5.74) is -0.722. The number of amides is 1. The molecule has 0 saturated heterocycles. The molecule has 0 radical (unpaired) electrons. The Hall–Kier alpha value is -2.91. The van der Waals surface area contributed by atoms with Gasteiger partial charge in [-0.3, -0.25) is 4.79 Å². The van der Waals surface area contributed by atoms with Gasteiger partial charge in [-0.1, -0.05) is 30.3 Å². The van der Waals surface area contributed by atoms with Crippen molar-refractivity contribution in [1.29, 1.82) is 0 Å². The van der Waals surface area contributed by atoms with Crippen LogP contribution in [0.5, 0.6) is 0 Å². The van der Waals surface area contributed by atoms with Crippen LogP contribution in [0.3, 0.4) is 0 Å². The molecule has 0 spiro atoms. The van der Waals surface area contributed by atoms with Gasteiger partial charge in [-0.25, -0.2) is 8.42 Å². The van der Waals surface area contributed by atoms with Crippen molar-refractivity contribution >= 4 is 32.4 Å². The molecule has 0 aliphatic carbocycles. The fourth-order valence-electron chi connectivity index (χ4n) is 2.68. The van der Waals surface area contributed by atoms with Gasteiger partial charge in [0.2, 0.25) is 15.9 Å². The van der Waals surface area contributed by atoms with Crippen LogP contribution in [0.4, 0.5) is 18.9 Å². The van der Waals surface area contributed by atoms with Gasteiger partial charge in [0.1, 0.15) is 0 Å². The summed E-state index contributed by atoms with van der Waals surface area (Å²) < 4.78 is 65.2. The van der Waals surface area contributed by atoms with Crippen LogP contribution in [-0.2, 0) is 21.0 Å². The molecule has 3 aromatic rings. The van der Waals surface area contributed by atoms with Gasteiger partial charge < -0.3 is 5.32 Å². The molecule has 0 fully saturated rings. The molecule has 0 heterocycles. The third-order valence-electron chi connectivity index (χ3n) is 4.24. The third kappa shape index (κ3) is 4.93. The summed E-state index contributed by atoms with van der Waals surface area (Å²) in [5, 5.41) is 4.00.